The molecule has 0 aromatic rings. The van der Waals surface area contributed by atoms with Crippen molar-refractivity contribution in [1.29, 1.82) is 0 Å². The molecule has 0 radical (unpaired) electrons. The molecule has 0 heterocycles. The molecule has 74 valence electrons. The molecular weight excluding hydrogens is 144 g/mol. The van der Waals surface area contributed by atoms with E-state index < -0.39 is 0 Å². The van der Waals surface area contributed by atoms with E-state index in [1.165, 1.54) is 12.8 Å². The van der Waals surface area contributed by atoms with Gasteiger partial charge in [0, 0.05) is 0 Å². The summed E-state index contributed by atoms with van der Waals surface area (Å²) < 4.78 is 0. The van der Waals surface area contributed by atoms with Crippen LogP contribution in [0.25, 0.3) is 0 Å². The van der Waals surface area contributed by atoms with Crippen molar-refractivity contribution in [2.24, 2.45) is 23.7 Å². The maximum atomic E-state index is 2.32. The monoisotopic (exact) mass is 170 g/mol. The summed E-state index contributed by atoms with van der Waals surface area (Å²) in [6, 6.07) is 0. The maximum absolute atomic E-state index is 2.32. The quantitative estimate of drug-likeness (QED) is 0.549. The third kappa shape index (κ3) is 5.62. The highest BCUT2D eigenvalue weighted by molar-refractivity contribution is 4.71. The largest absolute Gasteiger partial charge is 0.0625 e. The summed E-state index contributed by atoms with van der Waals surface area (Å²) in [6.07, 6.45) is 2.94. The molecule has 0 atom stereocenters. The lowest BCUT2D eigenvalue weighted by Crippen LogP contribution is -2.16. The van der Waals surface area contributed by atoms with E-state index in [-0.39, 0.29) is 0 Å². The van der Waals surface area contributed by atoms with Crippen LogP contribution in [0.3, 0.4) is 0 Å². The van der Waals surface area contributed by atoms with Gasteiger partial charge in [-0.25, -0.2) is 0 Å². The first-order valence-corrected chi connectivity index (χ1v) is 5.43. The van der Waals surface area contributed by atoms with E-state index in [4.69, 9.17) is 0 Å². The highest BCUT2D eigenvalue weighted by Gasteiger charge is 2.19. The van der Waals surface area contributed by atoms with Crippen LogP contribution in [0.15, 0.2) is 0 Å². The van der Waals surface area contributed by atoms with Crippen molar-refractivity contribution in [2.75, 3.05) is 0 Å². The highest BCUT2D eigenvalue weighted by atomic mass is 14.2. The molecule has 1 saturated carbocycles. The van der Waals surface area contributed by atoms with Gasteiger partial charge in [0.25, 0.3) is 0 Å². The van der Waals surface area contributed by atoms with E-state index in [2.05, 4.69) is 41.5 Å². The van der Waals surface area contributed by atoms with Crippen LogP contribution in [0, 0.1) is 23.7 Å². The Morgan fingerprint density at radius 2 is 1.00 bits per heavy atom. The van der Waals surface area contributed by atoms with E-state index in [0.717, 1.165) is 23.7 Å². The zero-order valence-corrected chi connectivity index (χ0v) is 9.72. The summed E-state index contributed by atoms with van der Waals surface area (Å²) >= 11 is 0. The molecule has 0 bridgehead atoms. The molecule has 0 aromatic carbocycles. The van der Waals surface area contributed by atoms with E-state index >= 15 is 0 Å². The molecule has 0 N–H and O–H groups in total. The number of hydrogen-bond donors (Lipinski definition) is 0. The fourth-order valence-electron chi connectivity index (χ4n) is 1.30. The lowest BCUT2D eigenvalue weighted by atomic mass is 9.78. The van der Waals surface area contributed by atoms with Gasteiger partial charge >= 0.3 is 0 Å². The zero-order valence-electron chi connectivity index (χ0n) is 9.72. The van der Waals surface area contributed by atoms with E-state index in [1.54, 1.807) is 0 Å². The predicted octanol–water partition coefficient (Wildman–Crippen LogP) is 4.35. The number of hydrogen-bond acceptors (Lipinski definition) is 0. The summed E-state index contributed by atoms with van der Waals surface area (Å²) in [6.45, 7) is 13.6. The van der Waals surface area contributed by atoms with Gasteiger partial charge in [-0.2, -0.15) is 0 Å². The van der Waals surface area contributed by atoms with Crippen molar-refractivity contribution in [1.82, 2.24) is 0 Å². The molecule has 12 heavy (non-hydrogen) atoms. The topological polar surface area (TPSA) is 0 Å². The van der Waals surface area contributed by atoms with Crippen LogP contribution >= 0.6 is 0 Å². The van der Waals surface area contributed by atoms with E-state index in [9.17, 15) is 0 Å². The average molecular weight is 170 g/mol. The molecular formula is C12H26. The number of rotatable bonds is 1. The minimum atomic E-state index is 0.852. The molecule has 0 aromatic heterocycles. The van der Waals surface area contributed by atoms with E-state index in [1.807, 2.05) is 0 Å². The molecule has 0 amide bonds. The molecule has 0 aliphatic heterocycles. The first-order chi connectivity index (χ1) is 5.43. The van der Waals surface area contributed by atoms with Gasteiger partial charge < -0.3 is 0 Å². The molecule has 0 unspecified atom stereocenters. The Morgan fingerprint density at radius 1 is 0.750 bits per heavy atom. The van der Waals surface area contributed by atoms with Crippen molar-refractivity contribution in [3.63, 3.8) is 0 Å². The molecule has 0 heteroatoms. The molecule has 0 saturated heterocycles. The van der Waals surface area contributed by atoms with E-state index in [0.29, 0.717) is 0 Å². The Bertz CT molecular complexity index is 84.6. The lowest BCUT2D eigenvalue weighted by Gasteiger charge is -2.28. The van der Waals surface area contributed by atoms with Crippen molar-refractivity contribution >= 4 is 0 Å². The predicted molar refractivity (Wildman–Crippen MR) is 57.2 cm³/mol. The van der Waals surface area contributed by atoms with Gasteiger partial charge in [0.1, 0.15) is 0 Å². The van der Waals surface area contributed by atoms with Gasteiger partial charge in [0.2, 0.25) is 0 Å². The lowest BCUT2D eigenvalue weighted by molar-refractivity contribution is 0.233. The molecule has 1 fully saturated rings. The van der Waals surface area contributed by atoms with Crippen LogP contribution < -0.4 is 0 Å². The average Bonchev–Trinajstić information content (AvgIpc) is 1.86. The van der Waals surface area contributed by atoms with Crippen LogP contribution in [-0.4, -0.2) is 0 Å². The van der Waals surface area contributed by atoms with Gasteiger partial charge in [-0.3, -0.25) is 0 Å². The zero-order chi connectivity index (χ0) is 9.72. The van der Waals surface area contributed by atoms with Crippen LogP contribution in [0.1, 0.15) is 54.4 Å². The highest BCUT2D eigenvalue weighted by Crippen LogP contribution is 2.31. The first kappa shape index (κ1) is 12.0. The maximum Gasteiger partial charge on any atom is -0.0438 e. The second-order valence-corrected chi connectivity index (χ2v) is 5.17. The molecule has 0 nitrogen and oxygen atoms in total. The fourth-order valence-corrected chi connectivity index (χ4v) is 1.30. The van der Waals surface area contributed by atoms with Gasteiger partial charge in [-0.1, -0.05) is 41.5 Å². The molecule has 1 rings (SSSR count). The van der Waals surface area contributed by atoms with Crippen LogP contribution in [0.5, 0.6) is 0 Å². The van der Waals surface area contributed by atoms with Gasteiger partial charge in [-0.05, 0) is 36.5 Å². The summed E-state index contributed by atoms with van der Waals surface area (Å²) in [7, 11) is 0. The molecule has 0 spiro atoms. The second-order valence-electron chi connectivity index (χ2n) is 5.17. The van der Waals surface area contributed by atoms with Crippen molar-refractivity contribution in [3.05, 3.63) is 0 Å². The standard InChI is InChI=1S/C6H12.C6H14/c1-5-3-6(2)4-5;1-5(2)6(3)4/h5-6H,3-4H2,1-2H3;5-6H,1-4H3. The summed E-state index contributed by atoms with van der Waals surface area (Å²) in [5, 5.41) is 0. The van der Waals surface area contributed by atoms with Crippen LogP contribution in [-0.2, 0) is 0 Å². The van der Waals surface area contributed by atoms with Crippen molar-refractivity contribution in [3.8, 4) is 0 Å². The van der Waals surface area contributed by atoms with Gasteiger partial charge in [0.15, 0.2) is 0 Å². The summed E-state index contributed by atoms with van der Waals surface area (Å²) in [5.74, 6) is 3.79. The van der Waals surface area contributed by atoms with Gasteiger partial charge in [-0.15, -0.1) is 0 Å². The molecule has 1 aliphatic carbocycles. The third-order valence-corrected chi connectivity index (χ3v) is 2.94. The Morgan fingerprint density at radius 3 is 1.00 bits per heavy atom. The minimum Gasteiger partial charge on any atom is -0.0625 e. The first-order valence-electron chi connectivity index (χ1n) is 5.43. The summed E-state index contributed by atoms with van der Waals surface area (Å²) in [5.41, 5.74) is 0. The van der Waals surface area contributed by atoms with Crippen molar-refractivity contribution < 1.29 is 0 Å². The van der Waals surface area contributed by atoms with Crippen molar-refractivity contribution in [2.45, 2.75) is 54.4 Å². The van der Waals surface area contributed by atoms with Crippen LogP contribution in [0.2, 0.25) is 0 Å². The third-order valence-electron chi connectivity index (χ3n) is 2.94. The van der Waals surface area contributed by atoms with Crippen LogP contribution in [0.4, 0.5) is 0 Å². The molecule has 1 aliphatic rings. The Kier molecular flexibility index (Phi) is 5.61. The van der Waals surface area contributed by atoms with Gasteiger partial charge in [0.05, 0.1) is 0 Å². The fraction of sp³-hybridized carbons (Fsp3) is 1.00. The Hall–Kier alpha value is 0. The smallest absolute Gasteiger partial charge is 0.0438 e. The SMILES string of the molecule is CC(C)C(C)C.CC1CC(C)C1. The second kappa shape index (κ2) is 5.61. The minimum absolute atomic E-state index is 0.852. The normalized spacial score (nSPS) is 28.0. The Labute approximate surface area is 78.8 Å². The summed E-state index contributed by atoms with van der Waals surface area (Å²) in [4.78, 5) is 0. The Balaban J connectivity index is 0.000000202.